The van der Waals surface area contributed by atoms with E-state index < -0.39 is 11.6 Å². The maximum atomic E-state index is 14.4. The zero-order valence-corrected chi connectivity index (χ0v) is 20.4. The third-order valence-electron chi connectivity index (χ3n) is 6.02. The Morgan fingerprint density at radius 2 is 1.72 bits per heavy atom. The standard InChI is InChI=1S/C25H30F2N6O3/c1-17-11-22(35-2)24(27)21(23(17)26)16-36-20-13-29-25(30-14-20)31-18-3-4-19(28-12-18)15-33-7-5-32(6-8-33)9-10-34/h3-4,11-14,34H,5-10,15-16H2,1-2H3,(H,29,30,31). The second-order valence-corrected chi connectivity index (χ2v) is 8.54. The molecule has 4 rings (SSSR count). The molecule has 1 saturated heterocycles. The summed E-state index contributed by atoms with van der Waals surface area (Å²) in [6.45, 7) is 6.67. The Morgan fingerprint density at radius 1 is 1.00 bits per heavy atom. The lowest BCUT2D eigenvalue weighted by molar-refractivity contribution is 0.107. The summed E-state index contributed by atoms with van der Waals surface area (Å²) in [4.78, 5) is 17.5. The summed E-state index contributed by atoms with van der Waals surface area (Å²) in [5.41, 5.74) is 1.75. The topological polar surface area (TPSA) is 95.9 Å². The fraction of sp³-hybridized carbons (Fsp3) is 0.400. The molecule has 9 nitrogen and oxygen atoms in total. The molecule has 0 spiro atoms. The van der Waals surface area contributed by atoms with E-state index in [2.05, 4.69) is 30.1 Å². The molecule has 0 aliphatic carbocycles. The Labute approximate surface area is 208 Å². The van der Waals surface area contributed by atoms with Gasteiger partial charge in [0.05, 0.1) is 49.3 Å². The van der Waals surface area contributed by atoms with Crippen molar-refractivity contribution in [2.75, 3.05) is 51.8 Å². The van der Waals surface area contributed by atoms with Gasteiger partial charge < -0.3 is 19.9 Å². The zero-order valence-electron chi connectivity index (χ0n) is 20.4. The second kappa shape index (κ2) is 12.0. The van der Waals surface area contributed by atoms with Gasteiger partial charge in [0.15, 0.2) is 17.3 Å². The third-order valence-corrected chi connectivity index (χ3v) is 6.02. The van der Waals surface area contributed by atoms with Crippen molar-refractivity contribution in [1.29, 1.82) is 0 Å². The largest absolute Gasteiger partial charge is 0.494 e. The van der Waals surface area contributed by atoms with Gasteiger partial charge in [0.25, 0.3) is 0 Å². The van der Waals surface area contributed by atoms with Crippen LogP contribution in [0.25, 0.3) is 0 Å². The Kier molecular flexibility index (Phi) is 8.57. The number of β-amino-alcohol motifs (C(OH)–C–C–N with tert-alkyl or cyclic N) is 1. The first-order valence-corrected chi connectivity index (χ1v) is 11.7. The molecule has 192 valence electrons. The van der Waals surface area contributed by atoms with Crippen molar-refractivity contribution in [3.05, 3.63) is 65.2 Å². The third kappa shape index (κ3) is 6.42. The molecule has 0 saturated carbocycles. The van der Waals surface area contributed by atoms with Crippen molar-refractivity contribution in [2.45, 2.75) is 20.1 Å². The monoisotopic (exact) mass is 500 g/mol. The van der Waals surface area contributed by atoms with E-state index >= 15 is 0 Å². The number of hydrogen-bond acceptors (Lipinski definition) is 9. The quantitative estimate of drug-likeness (QED) is 0.436. The number of nitrogens with zero attached hydrogens (tertiary/aromatic N) is 5. The molecule has 2 aromatic heterocycles. The van der Waals surface area contributed by atoms with E-state index in [1.54, 1.807) is 6.20 Å². The number of rotatable bonds is 10. The lowest BCUT2D eigenvalue weighted by Crippen LogP contribution is -2.46. The normalized spacial score (nSPS) is 14.6. The van der Waals surface area contributed by atoms with Crippen molar-refractivity contribution in [2.24, 2.45) is 0 Å². The highest BCUT2D eigenvalue weighted by molar-refractivity contribution is 5.51. The second-order valence-electron chi connectivity index (χ2n) is 8.54. The first-order chi connectivity index (χ1) is 17.5. The predicted octanol–water partition coefficient (Wildman–Crippen LogP) is 2.90. The van der Waals surface area contributed by atoms with E-state index in [0.717, 1.165) is 50.6 Å². The van der Waals surface area contributed by atoms with Gasteiger partial charge in [0, 0.05) is 39.3 Å². The van der Waals surface area contributed by atoms with Crippen LogP contribution in [0.1, 0.15) is 16.8 Å². The van der Waals surface area contributed by atoms with Crippen LogP contribution in [0.2, 0.25) is 0 Å². The van der Waals surface area contributed by atoms with Gasteiger partial charge in [0.2, 0.25) is 5.95 Å². The molecule has 2 N–H and O–H groups in total. The van der Waals surface area contributed by atoms with Crippen LogP contribution in [-0.2, 0) is 13.2 Å². The van der Waals surface area contributed by atoms with Crippen molar-refractivity contribution in [3.8, 4) is 11.5 Å². The van der Waals surface area contributed by atoms with Crippen LogP contribution in [0.5, 0.6) is 11.5 Å². The Balaban J connectivity index is 1.29. The predicted molar refractivity (Wildman–Crippen MR) is 130 cm³/mol. The average molecular weight is 501 g/mol. The summed E-state index contributed by atoms with van der Waals surface area (Å²) in [7, 11) is 1.32. The number of halogens is 2. The summed E-state index contributed by atoms with van der Waals surface area (Å²) in [6, 6.07) is 5.17. The van der Waals surface area contributed by atoms with Crippen molar-refractivity contribution in [3.63, 3.8) is 0 Å². The first-order valence-electron chi connectivity index (χ1n) is 11.7. The smallest absolute Gasteiger partial charge is 0.227 e. The molecule has 0 unspecified atom stereocenters. The molecule has 0 atom stereocenters. The van der Waals surface area contributed by atoms with E-state index in [-0.39, 0.29) is 35.8 Å². The van der Waals surface area contributed by atoms with E-state index in [9.17, 15) is 8.78 Å². The van der Waals surface area contributed by atoms with E-state index in [0.29, 0.717) is 5.95 Å². The minimum absolute atomic E-state index is 0.0384. The highest BCUT2D eigenvalue weighted by atomic mass is 19.1. The van der Waals surface area contributed by atoms with Crippen molar-refractivity contribution >= 4 is 11.6 Å². The minimum Gasteiger partial charge on any atom is -0.494 e. The molecule has 0 amide bonds. The van der Waals surface area contributed by atoms with Crippen LogP contribution >= 0.6 is 0 Å². The Morgan fingerprint density at radius 3 is 2.36 bits per heavy atom. The number of pyridine rings is 1. The summed E-state index contributed by atoms with van der Waals surface area (Å²) >= 11 is 0. The molecule has 3 heterocycles. The van der Waals surface area contributed by atoms with Gasteiger partial charge in [-0.15, -0.1) is 0 Å². The molecule has 1 aromatic carbocycles. The molecule has 0 bridgehead atoms. The fourth-order valence-electron chi connectivity index (χ4n) is 3.96. The van der Waals surface area contributed by atoms with Crippen LogP contribution in [0.3, 0.4) is 0 Å². The highest BCUT2D eigenvalue weighted by Crippen LogP contribution is 2.27. The van der Waals surface area contributed by atoms with Gasteiger partial charge in [0.1, 0.15) is 12.4 Å². The molecule has 3 aromatic rings. The van der Waals surface area contributed by atoms with Crippen molar-refractivity contribution < 1.29 is 23.4 Å². The van der Waals surface area contributed by atoms with Crippen LogP contribution in [0, 0.1) is 18.6 Å². The van der Waals surface area contributed by atoms with Crippen LogP contribution in [-0.4, -0.2) is 76.3 Å². The van der Waals surface area contributed by atoms with Crippen molar-refractivity contribution in [1.82, 2.24) is 24.8 Å². The highest BCUT2D eigenvalue weighted by Gasteiger charge is 2.18. The maximum absolute atomic E-state index is 14.4. The average Bonchev–Trinajstić information content (AvgIpc) is 2.89. The molecule has 1 aliphatic heterocycles. The minimum atomic E-state index is -0.792. The Hall–Kier alpha value is -3.41. The van der Waals surface area contributed by atoms with E-state index in [1.807, 2.05) is 12.1 Å². The number of aromatic nitrogens is 3. The van der Waals surface area contributed by atoms with Crippen LogP contribution in [0.15, 0.2) is 36.8 Å². The summed E-state index contributed by atoms with van der Waals surface area (Å²) in [6.07, 6.45) is 4.58. The van der Waals surface area contributed by atoms with Gasteiger partial charge in [-0.1, -0.05) is 0 Å². The van der Waals surface area contributed by atoms with E-state index in [4.69, 9.17) is 14.6 Å². The number of nitrogens with one attached hydrogen (secondary N) is 1. The summed E-state index contributed by atoms with van der Waals surface area (Å²) in [5, 5.41) is 12.1. The van der Waals surface area contributed by atoms with Crippen LogP contribution < -0.4 is 14.8 Å². The van der Waals surface area contributed by atoms with Gasteiger partial charge >= 0.3 is 0 Å². The number of ether oxygens (including phenoxy) is 2. The van der Waals surface area contributed by atoms with Gasteiger partial charge in [-0.3, -0.25) is 14.8 Å². The number of aliphatic hydroxyl groups excluding tert-OH is 1. The SMILES string of the molecule is COc1cc(C)c(F)c(COc2cnc(Nc3ccc(CN4CCN(CCO)CC4)nc3)nc2)c1F. The summed E-state index contributed by atoms with van der Waals surface area (Å²) < 4.78 is 39.2. The zero-order chi connectivity index (χ0) is 25.5. The number of hydrogen-bond donors (Lipinski definition) is 2. The fourth-order valence-corrected chi connectivity index (χ4v) is 3.96. The molecule has 1 aliphatic rings. The van der Waals surface area contributed by atoms with E-state index in [1.165, 1.54) is 32.5 Å². The number of aryl methyl sites for hydroxylation is 1. The molecule has 0 radical (unpaired) electrons. The number of aliphatic hydroxyl groups is 1. The first kappa shape index (κ1) is 25.7. The van der Waals surface area contributed by atoms with Gasteiger partial charge in [-0.25, -0.2) is 18.7 Å². The lowest BCUT2D eigenvalue weighted by Gasteiger charge is -2.34. The summed E-state index contributed by atoms with van der Waals surface area (Å²) in [5.74, 6) is -0.894. The molecule has 11 heteroatoms. The number of piperazine rings is 1. The Bertz CT molecular complexity index is 1140. The van der Waals surface area contributed by atoms with Crippen LogP contribution in [0.4, 0.5) is 20.4 Å². The lowest BCUT2D eigenvalue weighted by atomic mass is 10.1. The number of methoxy groups -OCH3 is 1. The molecular formula is C25H30F2N6O3. The van der Waals surface area contributed by atoms with Gasteiger partial charge in [-0.2, -0.15) is 0 Å². The van der Waals surface area contributed by atoms with Gasteiger partial charge in [-0.05, 0) is 30.7 Å². The molecule has 1 fully saturated rings. The molecule has 36 heavy (non-hydrogen) atoms. The molecular weight excluding hydrogens is 470 g/mol. The number of benzene rings is 1. The number of anilines is 2. The maximum Gasteiger partial charge on any atom is 0.227 e.